The summed E-state index contributed by atoms with van der Waals surface area (Å²) in [4.78, 5) is 27.4. The molecule has 1 N–H and O–H groups in total. The van der Waals surface area contributed by atoms with Gasteiger partial charge in [-0.25, -0.2) is 8.42 Å². The lowest BCUT2D eigenvalue weighted by Gasteiger charge is -2.31. The summed E-state index contributed by atoms with van der Waals surface area (Å²) in [5, 5.41) is 2.97. The quantitative estimate of drug-likeness (QED) is 0.432. The monoisotopic (exact) mass is 529 g/mol. The van der Waals surface area contributed by atoms with Crippen LogP contribution in [0.2, 0.25) is 5.02 Å². The average molecular weight is 530 g/mol. The molecular weight excluding hydrogens is 502 g/mol. The van der Waals surface area contributed by atoms with Gasteiger partial charge in [-0.15, -0.1) is 0 Å². The molecule has 3 aromatic rings. The van der Waals surface area contributed by atoms with E-state index in [0.717, 1.165) is 9.87 Å². The molecule has 0 aromatic heterocycles. The third-order valence-corrected chi connectivity index (χ3v) is 7.69. The Hall–Kier alpha value is -3.56. The number of ether oxygens (including phenoxy) is 1. The highest BCUT2D eigenvalue weighted by Crippen LogP contribution is 2.27. The Labute approximate surface area is 216 Å². The van der Waals surface area contributed by atoms with Crippen LogP contribution in [0.15, 0.2) is 83.8 Å². The lowest BCUT2D eigenvalue weighted by molar-refractivity contribution is -0.139. The highest BCUT2D eigenvalue weighted by molar-refractivity contribution is 7.92. The van der Waals surface area contributed by atoms with Crippen LogP contribution in [0.1, 0.15) is 12.5 Å². The average Bonchev–Trinajstić information content (AvgIpc) is 2.90. The summed E-state index contributed by atoms with van der Waals surface area (Å²) in [6.07, 6.45) is 0. The molecule has 1 atom stereocenters. The molecule has 0 saturated heterocycles. The number of methoxy groups -OCH3 is 1. The number of rotatable bonds is 10. The van der Waals surface area contributed by atoms with Gasteiger partial charge >= 0.3 is 0 Å². The van der Waals surface area contributed by atoms with Gasteiger partial charge in [0.25, 0.3) is 10.0 Å². The second-order valence-corrected chi connectivity index (χ2v) is 10.3. The summed E-state index contributed by atoms with van der Waals surface area (Å²) >= 11 is 6.02. The smallest absolute Gasteiger partial charge is 0.264 e. The molecule has 0 heterocycles. The number of nitrogens with zero attached hydrogens (tertiary/aromatic N) is 2. The van der Waals surface area contributed by atoms with Crippen LogP contribution in [-0.2, 0) is 26.2 Å². The van der Waals surface area contributed by atoms with Gasteiger partial charge in [-0.2, -0.15) is 0 Å². The maximum atomic E-state index is 13.7. The number of hydrogen-bond acceptors (Lipinski definition) is 5. The van der Waals surface area contributed by atoms with Gasteiger partial charge in [0.05, 0.1) is 17.7 Å². The fraction of sp³-hybridized carbons (Fsp3) is 0.231. The fourth-order valence-corrected chi connectivity index (χ4v) is 5.12. The van der Waals surface area contributed by atoms with Crippen molar-refractivity contribution < 1.29 is 22.7 Å². The zero-order valence-electron chi connectivity index (χ0n) is 20.2. The number of hydrogen-bond donors (Lipinski definition) is 1. The highest BCUT2D eigenvalue weighted by Gasteiger charge is 2.32. The van der Waals surface area contributed by atoms with E-state index in [1.807, 2.05) is 30.3 Å². The van der Waals surface area contributed by atoms with Crippen LogP contribution >= 0.6 is 11.6 Å². The summed E-state index contributed by atoms with van der Waals surface area (Å²) in [6, 6.07) is 20.4. The molecule has 3 rings (SSSR count). The lowest BCUT2D eigenvalue weighted by Crippen LogP contribution is -2.50. The third-order valence-electron chi connectivity index (χ3n) is 5.65. The molecule has 0 radical (unpaired) electrons. The van der Waals surface area contributed by atoms with Crippen molar-refractivity contribution in [2.45, 2.75) is 24.4 Å². The standard InChI is InChI=1S/C26H28ClN3O5S/c1-19(26(32)28-2)29(17-20-7-5-4-6-8-20)25(31)18-30(22-11-9-21(27)10-12-22)36(33,34)24-15-13-23(35-3)14-16-24/h4-16,19H,17-18H2,1-3H3,(H,28,32). The fourth-order valence-electron chi connectivity index (χ4n) is 3.58. The second-order valence-electron chi connectivity index (χ2n) is 7.96. The van der Waals surface area contributed by atoms with Crippen LogP contribution in [-0.4, -0.2) is 51.9 Å². The minimum atomic E-state index is -4.16. The van der Waals surface area contributed by atoms with Crippen molar-refractivity contribution in [2.24, 2.45) is 0 Å². The van der Waals surface area contributed by atoms with Crippen molar-refractivity contribution >= 4 is 39.1 Å². The highest BCUT2D eigenvalue weighted by atomic mass is 35.5. The molecule has 0 fully saturated rings. The van der Waals surface area contributed by atoms with E-state index in [1.54, 1.807) is 19.1 Å². The first-order chi connectivity index (χ1) is 17.2. The molecule has 0 aliphatic rings. The van der Waals surface area contributed by atoms with Crippen molar-refractivity contribution in [1.29, 1.82) is 0 Å². The molecule has 0 spiro atoms. The van der Waals surface area contributed by atoms with E-state index in [9.17, 15) is 18.0 Å². The van der Waals surface area contributed by atoms with Gasteiger partial charge in [-0.05, 0) is 61.0 Å². The Morgan fingerprint density at radius 3 is 2.14 bits per heavy atom. The Morgan fingerprint density at radius 2 is 1.58 bits per heavy atom. The summed E-state index contributed by atoms with van der Waals surface area (Å²) in [6.45, 7) is 1.21. The van der Waals surface area contributed by atoms with Crippen molar-refractivity contribution in [2.75, 3.05) is 25.0 Å². The first kappa shape index (κ1) is 27.0. The van der Waals surface area contributed by atoms with E-state index in [2.05, 4.69) is 5.32 Å². The van der Waals surface area contributed by atoms with Crippen LogP contribution < -0.4 is 14.4 Å². The van der Waals surface area contributed by atoms with Crippen LogP contribution in [0, 0.1) is 0 Å². The normalized spacial score (nSPS) is 11.9. The summed E-state index contributed by atoms with van der Waals surface area (Å²) in [5.41, 5.74) is 1.06. The van der Waals surface area contributed by atoms with Gasteiger partial charge in [0, 0.05) is 18.6 Å². The van der Waals surface area contributed by atoms with Crippen molar-refractivity contribution in [3.05, 3.63) is 89.4 Å². The van der Waals surface area contributed by atoms with Crippen LogP contribution in [0.5, 0.6) is 5.75 Å². The van der Waals surface area contributed by atoms with Crippen LogP contribution in [0.25, 0.3) is 0 Å². The predicted octanol–water partition coefficient (Wildman–Crippen LogP) is 3.71. The predicted molar refractivity (Wildman–Crippen MR) is 139 cm³/mol. The lowest BCUT2D eigenvalue weighted by atomic mass is 10.1. The van der Waals surface area contributed by atoms with Gasteiger partial charge in [0.15, 0.2) is 0 Å². The van der Waals surface area contributed by atoms with E-state index in [4.69, 9.17) is 16.3 Å². The SMILES string of the molecule is CNC(=O)C(C)N(Cc1ccccc1)C(=O)CN(c1ccc(Cl)cc1)S(=O)(=O)c1ccc(OC)cc1. The van der Waals surface area contributed by atoms with Gasteiger partial charge in [0.2, 0.25) is 11.8 Å². The van der Waals surface area contributed by atoms with Crippen molar-refractivity contribution in [3.8, 4) is 5.75 Å². The first-order valence-electron chi connectivity index (χ1n) is 11.1. The molecule has 0 aliphatic carbocycles. The van der Waals surface area contributed by atoms with Crippen molar-refractivity contribution in [3.63, 3.8) is 0 Å². The molecule has 3 aromatic carbocycles. The second kappa shape index (κ2) is 11.9. The molecule has 2 amide bonds. The molecule has 10 heteroatoms. The zero-order chi connectivity index (χ0) is 26.3. The summed E-state index contributed by atoms with van der Waals surface area (Å²) < 4.78 is 33.5. The van der Waals surface area contributed by atoms with Gasteiger partial charge in [-0.3, -0.25) is 13.9 Å². The van der Waals surface area contributed by atoms with E-state index < -0.39 is 28.5 Å². The Balaban J connectivity index is 2.01. The molecule has 0 saturated carbocycles. The molecule has 190 valence electrons. The Kier molecular flexibility index (Phi) is 8.95. The van der Waals surface area contributed by atoms with Gasteiger partial charge < -0.3 is 15.0 Å². The number of halogens is 1. The number of amides is 2. The minimum absolute atomic E-state index is 0.0139. The third kappa shape index (κ3) is 6.35. The number of likely N-dealkylation sites (N-methyl/N-ethyl adjacent to an activating group) is 1. The topological polar surface area (TPSA) is 96.0 Å². The number of nitrogens with one attached hydrogen (secondary N) is 1. The Bertz CT molecular complexity index is 1280. The van der Waals surface area contributed by atoms with Crippen LogP contribution in [0.4, 0.5) is 5.69 Å². The van der Waals surface area contributed by atoms with Gasteiger partial charge in [0.1, 0.15) is 18.3 Å². The minimum Gasteiger partial charge on any atom is -0.497 e. The van der Waals surface area contributed by atoms with E-state index in [0.29, 0.717) is 10.8 Å². The Morgan fingerprint density at radius 1 is 0.972 bits per heavy atom. The largest absolute Gasteiger partial charge is 0.497 e. The first-order valence-corrected chi connectivity index (χ1v) is 13.0. The molecule has 36 heavy (non-hydrogen) atoms. The van der Waals surface area contributed by atoms with E-state index >= 15 is 0 Å². The molecule has 0 bridgehead atoms. The molecule has 0 aliphatic heterocycles. The number of carbonyl (C=O) groups excluding carboxylic acids is 2. The number of sulfonamides is 1. The van der Waals surface area contributed by atoms with Gasteiger partial charge in [-0.1, -0.05) is 41.9 Å². The zero-order valence-corrected chi connectivity index (χ0v) is 21.8. The van der Waals surface area contributed by atoms with Crippen molar-refractivity contribution in [1.82, 2.24) is 10.2 Å². The molecule has 1 unspecified atom stereocenters. The van der Waals surface area contributed by atoms with E-state index in [1.165, 1.54) is 55.5 Å². The summed E-state index contributed by atoms with van der Waals surface area (Å²) in [5.74, 6) is -0.408. The summed E-state index contributed by atoms with van der Waals surface area (Å²) in [7, 11) is -1.19. The molecule has 8 nitrogen and oxygen atoms in total. The number of anilines is 1. The number of benzene rings is 3. The number of carbonyl (C=O) groups is 2. The van der Waals surface area contributed by atoms with Crippen LogP contribution in [0.3, 0.4) is 0 Å². The molecular formula is C26H28ClN3O5S. The maximum absolute atomic E-state index is 13.7. The maximum Gasteiger partial charge on any atom is 0.264 e. The van der Waals surface area contributed by atoms with E-state index in [-0.39, 0.29) is 23.0 Å².